The van der Waals surface area contributed by atoms with Gasteiger partial charge >= 0.3 is 0 Å². The Bertz CT molecular complexity index is 226. The zero-order valence-electron chi connectivity index (χ0n) is 17.9. The summed E-state index contributed by atoms with van der Waals surface area (Å²) in [4.78, 5) is 0. The molecule has 1 nitrogen and oxygen atoms in total. The molecule has 0 saturated heterocycles. The molecule has 0 fully saturated rings. The van der Waals surface area contributed by atoms with Crippen molar-refractivity contribution in [3.63, 3.8) is 0 Å². The first-order valence-electron chi connectivity index (χ1n) is 12.0. The fourth-order valence-corrected chi connectivity index (χ4v) is 3.76. The lowest BCUT2D eigenvalue weighted by molar-refractivity contribution is 0.150. The molecular weight excluding hydrogens is 304 g/mol. The molecule has 0 spiro atoms. The van der Waals surface area contributed by atoms with Crippen LogP contribution in [0.5, 0.6) is 0 Å². The molecule has 0 aliphatic carbocycles. The van der Waals surface area contributed by atoms with Gasteiger partial charge in [0, 0.05) is 0 Å². The van der Waals surface area contributed by atoms with Gasteiger partial charge in [0.1, 0.15) is 0 Å². The summed E-state index contributed by atoms with van der Waals surface area (Å²) in [7, 11) is 0. The average molecular weight is 355 g/mol. The maximum absolute atomic E-state index is 9.68. The van der Waals surface area contributed by atoms with E-state index in [1.54, 1.807) is 0 Å². The highest BCUT2D eigenvalue weighted by atomic mass is 16.3. The SMILES string of the molecule is CCCCCCCCCCCCCCCCCCCCC(O)CCC. The van der Waals surface area contributed by atoms with Crippen molar-refractivity contribution in [2.75, 3.05) is 0 Å². The zero-order valence-corrected chi connectivity index (χ0v) is 17.9. The number of hydrogen-bond acceptors (Lipinski definition) is 1. The molecule has 0 aromatic rings. The van der Waals surface area contributed by atoms with Crippen LogP contribution in [0.1, 0.15) is 149 Å². The molecule has 0 saturated carbocycles. The highest BCUT2D eigenvalue weighted by Gasteiger charge is 2.01. The molecule has 0 bridgehead atoms. The highest BCUT2D eigenvalue weighted by Crippen LogP contribution is 2.15. The number of rotatable bonds is 21. The molecule has 0 radical (unpaired) electrons. The Morgan fingerprint density at radius 3 is 1.04 bits per heavy atom. The van der Waals surface area contributed by atoms with Crippen LogP contribution in [0.4, 0.5) is 0 Å². The first-order valence-corrected chi connectivity index (χ1v) is 12.0. The summed E-state index contributed by atoms with van der Waals surface area (Å²) >= 11 is 0. The van der Waals surface area contributed by atoms with Gasteiger partial charge in [0.15, 0.2) is 0 Å². The molecule has 0 heterocycles. The van der Waals surface area contributed by atoms with Gasteiger partial charge in [-0.25, -0.2) is 0 Å². The van der Waals surface area contributed by atoms with Gasteiger partial charge in [0.25, 0.3) is 0 Å². The van der Waals surface area contributed by atoms with Gasteiger partial charge in [0.05, 0.1) is 6.10 Å². The number of aliphatic hydroxyl groups is 1. The lowest BCUT2D eigenvalue weighted by atomic mass is 10.0. The molecule has 1 heteroatoms. The summed E-state index contributed by atoms with van der Waals surface area (Å²) < 4.78 is 0. The van der Waals surface area contributed by atoms with E-state index < -0.39 is 0 Å². The van der Waals surface area contributed by atoms with Crippen molar-refractivity contribution < 1.29 is 5.11 Å². The number of unbranched alkanes of at least 4 members (excludes halogenated alkanes) is 17. The summed E-state index contributed by atoms with van der Waals surface area (Å²) in [5.41, 5.74) is 0. The van der Waals surface area contributed by atoms with Crippen molar-refractivity contribution in [1.82, 2.24) is 0 Å². The van der Waals surface area contributed by atoms with Crippen molar-refractivity contribution in [2.24, 2.45) is 0 Å². The quantitative estimate of drug-likeness (QED) is 0.205. The van der Waals surface area contributed by atoms with E-state index in [0.717, 1.165) is 19.3 Å². The van der Waals surface area contributed by atoms with Crippen LogP contribution >= 0.6 is 0 Å². The normalized spacial score (nSPS) is 12.6. The molecular formula is C24H50O. The fraction of sp³-hybridized carbons (Fsp3) is 1.00. The molecule has 0 aliphatic heterocycles. The van der Waals surface area contributed by atoms with E-state index in [-0.39, 0.29) is 6.10 Å². The first-order chi connectivity index (χ1) is 12.3. The Morgan fingerprint density at radius 1 is 0.400 bits per heavy atom. The minimum Gasteiger partial charge on any atom is -0.393 e. The molecule has 25 heavy (non-hydrogen) atoms. The topological polar surface area (TPSA) is 20.2 Å². The molecule has 0 rings (SSSR count). The van der Waals surface area contributed by atoms with Crippen LogP contribution < -0.4 is 0 Å². The molecule has 1 N–H and O–H groups in total. The van der Waals surface area contributed by atoms with Gasteiger partial charge in [-0.05, 0) is 12.8 Å². The predicted octanol–water partition coefficient (Wildman–Crippen LogP) is 8.58. The summed E-state index contributed by atoms with van der Waals surface area (Å²) in [6, 6.07) is 0. The third-order valence-electron chi connectivity index (χ3n) is 5.51. The summed E-state index contributed by atoms with van der Waals surface area (Å²) in [6.45, 7) is 4.44. The van der Waals surface area contributed by atoms with Gasteiger partial charge in [-0.2, -0.15) is 0 Å². The Hall–Kier alpha value is -0.0400. The van der Waals surface area contributed by atoms with E-state index in [1.165, 1.54) is 116 Å². The van der Waals surface area contributed by atoms with Crippen molar-refractivity contribution in [2.45, 2.75) is 155 Å². The van der Waals surface area contributed by atoms with Gasteiger partial charge in [-0.3, -0.25) is 0 Å². The second kappa shape index (κ2) is 22.0. The van der Waals surface area contributed by atoms with Crippen LogP contribution in [0.2, 0.25) is 0 Å². The van der Waals surface area contributed by atoms with Crippen LogP contribution in [0, 0.1) is 0 Å². The summed E-state index contributed by atoms with van der Waals surface area (Å²) in [5, 5.41) is 9.68. The van der Waals surface area contributed by atoms with Crippen LogP contribution in [0.25, 0.3) is 0 Å². The van der Waals surface area contributed by atoms with E-state index in [1.807, 2.05) is 0 Å². The molecule has 152 valence electrons. The van der Waals surface area contributed by atoms with Crippen LogP contribution in [-0.2, 0) is 0 Å². The lowest BCUT2D eigenvalue weighted by Crippen LogP contribution is -2.04. The Labute approximate surface area is 160 Å². The summed E-state index contributed by atoms with van der Waals surface area (Å²) in [5.74, 6) is 0. The smallest absolute Gasteiger partial charge is 0.0540 e. The van der Waals surface area contributed by atoms with Crippen molar-refractivity contribution in [1.29, 1.82) is 0 Å². The van der Waals surface area contributed by atoms with Gasteiger partial charge < -0.3 is 5.11 Å². The Balaban J connectivity index is 3.00. The first kappa shape index (κ1) is 25.0. The average Bonchev–Trinajstić information content (AvgIpc) is 2.61. The van der Waals surface area contributed by atoms with Crippen LogP contribution in [0.3, 0.4) is 0 Å². The number of hydrogen-bond donors (Lipinski definition) is 1. The minimum absolute atomic E-state index is 0.0361. The molecule has 1 atom stereocenters. The summed E-state index contributed by atoms with van der Waals surface area (Å²) in [6.07, 6.45) is 28.7. The minimum atomic E-state index is -0.0361. The monoisotopic (exact) mass is 354 g/mol. The van der Waals surface area contributed by atoms with E-state index in [9.17, 15) is 5.11 Å². The third kappa shape index (κ3) is 21.9. The molecule has 0 aliphatic rings. The van der Waals surface area contributed by atoms with Crippen molar-refractivity contribution in [3.05, 3.63) is 0 Å². The maximum Gasteiger partial charge on any atom is 0.0540 e. The maximum atomic E-state index is 9.68. The fourth-order valence-electron chi connectivity index (χ4n) is 3.76. The zero-order chi connectivity index (χ0) is 18.4. The van der Waals surface area contributed by atoms with Gasteiger partial charge in [0.2, 0.25) is 0 Å². The standard InChI is InChI=1S/C24H50O/c1-3-5-6-7-8-9-10-11-12-13-14-15-16-17-18-19-20-21-23-24(25)22-4-2/h24-25H,3-23H2,1-2H3. The van der Waals surface area contributed by atoms with Crippen LogP contribution in [0.15, 0.2) is 0 Å². The lowest BCUT2D eigenvalue weighted by Gasteiger charge is -2.08. The predicted molar refractivity (Wildman–Crippen MR) is 114 cm³/mol. The van der Waals surface area contributed by atoms with E-state index >= 15 is 0 Å². The third-order valence-corrected chi connectivity index (χ3v) is 5.51. The molecule has 1 unspecified atom stereocenters. The van der Waals surface area contributed by atoms with E-state index in [0.29, 0.717) is 0 Å². The van der Waals surface area contributed by atoms with Crippen molar-refractivity contribution in [3.8, 4) is 0 Å². The Morgan fingerprint density at radius 2 is 0.720 bits per heavy atom. The van der Waals surface area contributed by atoms with Crippen molar-refractivity contribution >= 4 is 0 Å². The van der Waals surface area contributed by atoms with E-state index in [2.05, 4.69) is 13.8 Å². The second-order valence-electron chi connectivity index (χ2n) is 8.24. The Kier molecular flexibility index (Phi) is 22.0. The second-order valence-corrected chi connectivity index (χ2v) is 8.24. The van der Waals surface area contributed by atoms with Gasteiger partial charge in [-0.1, -0.05) is 136 Å². The molecule has 0 aromatic heterocycles. The van der Waals surface area contributed by atoms with E-state index in [4.69, 9.17) is 0 Å². The highest BCUT2D eigenvalue weighted by molar-refractivity contribution is 4.55. The molecule has 0 aromatic carbocycles. The molecule has 0 amide bonds. The van der Waals surface area contributed by atoms with Gasteiger partial charge in [-0.15, -0.1) is 0 Å². The largest absolute Gasteiger partial charge is 0.393 e. The van der Waals surface area contributed by atoms with Crippen LogP contribution in [-0.4, -0.2) is 11.2 Å². The number of aliphatic hydroxyl groups excluding tert-OH is 1.